The van der Waals surface area contributed by atoms with Crippen molar-refractivity contribution in [1.29, 1.82) is 0 Å². The molecule has 5 nitrogen and oxygen atoms in total. The van der Waals surface area contributed by atoms with E-state index in [0.717, 1.165) is 20.7 Å². The van der Waals surface area contributed by atoms with Crippen molar-refractivity contribution in [1.82, 2.24) is 0 Å². The first-order valence-corrected chi connectivity index (χ1v) is 11.4. The van der Waals surface area contributed by atoms with Crippen LogP contribution in [0.4, 0.5) is 0 Å². The smallest absolute Gasteiger partial charge is 0.363 e. The number of hydrogen-bond donors (Lipinski definition) is 0. The van der Waals surface area contributed by atoms with Crippen LogP contribution in [0.1, 0.15) is 18.1 Å². The lowest BCUT2D eigenvalue weighted by Crippen LogP contribution is -2.06. The summed E-state index contributed by atoms with van der Waals surface area (Å²) in [6.45, 7) is 1.36. The topological polar surface area (TPSA) is 65.0 Å². The summed E-state index contributed by atoms with van der Waals surface area (Å²) in [5.41, 5.74) is 1.69. The van der Waals surface area contributed by atoms with Crippen LogP contribution in [0.2, 0.25) is 0 Å². The van der Waals surface area contributed by atoms with Gasteiger partial charge in [-0.05, 0) is 126 Å². The zero-order valence-electron chi connectivity index (χ0n) is 13.6. The highest BCUT2D eigenvalue weighted by molar-refractivity contribution is 14.1. The van der Waals surface area contributed by atoms with E-state index in [9.17, 15) is 9.59 Å². The molecular formula is C18H9BrI3NO4. The van der Waals surface area contributed by atoms with E-state index in [1.165, 1.54) is 6.92 Å². The van der Waals surface area contributed by atoms with Crippen LogP contribution >= 0.6 is 83.7 Å². The first-order valence-electron chi connectivity index (χ1n) is 7.40. The second kappa shape index (κ2) is 8.86. The van der Waals surface area contributed by atoms with Gasteiger partial charge in [0.1, 0.15) is 0 Å². The van der Waals surface area contributed by atoms with Gasteiger partial charge in [-0.3, -0.25) is 4.79 Å². The summed E-state index contributed by atoms with van der Waals surface area (Å²) in [5.74, 6) is -0.111. The van der Waals surface area contributed by atoms with E-state index < -0.39 is 5.97 Å². The molecule has 0 saturated carbocycles. The van der Waals surface area contributed by atoms with Gasteiger partial charge in [0.05, 0.1) is 7.14 Å². The van der Waals surface area contributed by atoms with E-state index in [2.05, 4.69) is 88.7 Å². The van der Waals surface area contributed by atoms with Crippen LogP contribution in [0.5, 0.6) is 5.75 Å². The molecule has 0 saturated heterocycles. The van der Waals surface area contributed by atoms with Crippen LogP contribution in [0, 0.1) is 10.7 Å². The van der Waals surface area contributed by atoms with Crippen molar-refractivity contribution < 1.29 is 19.1 Å². The van der Waals surface area contributed by atoms with Gasteiger partial charge in [-0.2, -0.15) is 0 Å². The molecule has 2 aromatic rings. The van der Waals surface area contributed by atoms with Crippen LogP contribution in [0.25, 0.3) is 6.08 Å². The zero-order chi connectivity index (χ0) is 19.7. The van der Waals surface area contributed by atoms with E-state index in [4.69, 9.17) is 9.47 Å². The fourth-order valence-electron chi connectivity index (χ4n) is 2.22. The fraction of sp³-hybridized carbons (Fsp3) is 0.0556. The molecule has 138 valence electrons. The zero-order valence-corrected chi connectivity index (χ0v) is 21.6. The van der Waals surface area contributed by atoms with E-state index in [-0.39, 0.29) is 17.6 Å². The number of ether oxygens (including phenoxy) is 2. The summed E-state index contributed by atoms with van der Waals surface area (Å²) in [4.78, 5) is 27.7. The first-order chi connectivity index (χ1) is 12.7. The van der Waals surface area contributed by atoms with Gasteiger partial charge in [-0.15, -0.1) is 0 Å². The second-order valence-electron chi connectivity index (χ2n) is 5.37. The van der Waals surface area contributed by atoms with E-state index in [1.54, 1.807) is 6.08 Å². The van der Waals surface area contributed by atoms with Crippen molar-refractivity contribution in [3.8, 4) is 5.75 Å². The van der Waals surface area contributed by atoms with Crippen molar-refractivity contribution in [3.05, 3.63) is 62.3 Å². The number of carbonyl (C=O) groups is 2. The van der Waals surface area contributed by atoms with Gasteiger partial charge in [0, 0.05) is 20.5 Å². The Morgan fingerprint density at radius 3 is 2.41 bits per heavy atom. The van der Waals surface area contributed by atoms with Crippen molar-refractivity contribution in [2.45, 2.75) is 6.92 Å². The number of carbonyl (C=O) groups excluding carboxylic acids is 2. The highest BCUT2D eigenvalue weighted by Gasteiger charge is 2.25. The summed E-state index contributed by atoms with van der Waals surface area (Å²) in [6, 6.07) is 9.25. The molecule has 0 aromatic heterocycles. The Kier molecular flexibility index (Phi) is 6.95. The highest BCUT2D eigenvalue weighted by Crippen LogP contribution is 2.31. The SMILES string of the molecule is CC(=O)Oc1c(I)cc(/C=C2\N=C(c3ccc(I)c(Br)c3)OC2=O)cc1I. The minimum absolute atomic E-state index is 0.214. The Hall–Kier alpha value is -0.540. The van der Waals surface area contributed by atoms with E-state index in [1.807, 2.05) is 30.3 Å². The van der Waals surface area contributed by atoms with Gasteiger partial charge in [0.15, 0.2) is 11.4 Å². The molecule has 0 atom stereocenters. The Morgan fingerprint density at radius 2 is 1.81 bits per heavy atom. The lowest BCUT2D eigenvalue weighted by molar-refractivity contribution is -0.132. The molecule has 1 aliphatic heterocycles. The quantitative estimate of drug-likeness (QED) is 0.179. The lowest BCUT2D eigenvalue weighted by Gasteiger charge is -2.08. The van der Waals surface area contributed by atoms with E-state index >= 15 is 0 Å². The summed E-state index contributed by atoms with van der Waals surface area (Å²) < 4.78 is 14.0. The normalized spacial score (nSPS) is 14.9. The molecule has 1 heterocycles. The molecule has 0 N–H and O–H groups in total. The summed E-state index contributed by atoms with van der Waals surface area (Å²) in [7, 11) is 0. The Balaban J connectivity index is 1.95. The molecule has 0 fully saturated rings. The number of hydrogen-bond acceptors (Lipinski definition) is 5. The minimum atomic E-state index is -0.506. The van der Waals surface area contributed by atoms with Crippen LogP contribution in [-0.4, -0.2) is 17.8 Å². The Labute approximate surface area is 204 Å². The number of benzene rings is 2. The molecule has 3 rings (SSSR count). The van der Waals surface area contributed by atoms with Gasteiger partial charge in [-0.1, -0.05) is 0 Å². The average molecular weight is 764 g/mol. The average Bonchev–Trinajstić information content (AvgIpc) is 2.94. The molecule has 1 aliphatic rings. The number of halogens is 4. The predicted molar refractivity (Wildman–Crippen MR) is 131 cm³/mol. The fourth-order valence-corrected chi connectivity index (χ4v) is 4.97. The maximum atomic E-state index is 12.2. The van der Waals surface area contributed by atoms with E-state index in [0.29, 0.717) is 11.3 Å². The van der Waals surface area contributed by atoms with Gasteiger partial charge in [0.2, 0.25) is 5.90 Å². The lowest BCUT2D eigenvalue weighted by atomic mass is 10.2. The third-order valence-electron chi connectivity index (χ3n) is 3.36. The number of cyclic esters (lactones) is 1. The number of esters is 2. The van der Waals surface area contributed by atoms with Crippen molar-refractivity contribution >= 4 is 108 Å². The van der Waals surface area contributed by atoms with Gasteiger partial charge >= 0.3 is 11.9 Å². The molecule has 0 aliphatic carbocycles. The highest BCUT2D eigenvalue weighted by atomic mass is 127. The number of rotatable bonds is 3. The Bertz CT molecular complexity index is 1010. The molecule has 0 radical (unpaired) electrons. The molecule has 27 heavy (non-hydrogen) atoms. The summed E-state index contributed by atoms with van der Waals surface area (Å²) >= 11 is 9.84. The van der Waals surface area contributed by atoms with Gasteiger partial charge in [0.25, 0.3) is 0 Å². The van der Waals surface area contributed by atoms with Gasteiger partial charge in [-0.25, -0.2) is 9.79 Å². The van der Waals surface area contributed by atoms with Crippen molar-refractivity contribution in [3.63, 3.8) is 0 Å². The van der Waals surface area contributed by atoms with Crippen LogP contribution in [-0.2, 0) is 14.3 Å². The van der Waals surface area contributed by atoms with Crippen LogP contribution < -0.4 is 4.74 Å². The first kappa shape index (κ1) is 21.2. The minimum Gasteiger partial charge on any atom is -0.424 e. The maximum Gasteiger partial charge on any atom is 0.363 e. The molecule has 2 aromatic carbocycles. The third kappa shape index (κ3) is 5.09. The molecule has 0 amide bonds. The third-order valence-corrected chi connectivity index (χ3v) is 7.30. The molecule has 9 heteroatoms. The van der Waals surface area contributed by atoms with Crippen LogP contribution in [0.15, 0.2) is 45.5 Å². The Morgan fingerprint density at radius 1 is 1.15 bits per heavy atom. The molecule has 0 bridgehead atoms. The molecular weight excluding hydrogens is 755 g/mol. The largest absolute Gasteiger partial charge is 0.424 e. The second-order valence-corrected chi connectivity index (χ2v) is 9.71. The van der Waals surface area contributed by atoms with Gasteiger partial charge < -0.3 is 9.47 Å². The number of aliphatic imine (C=N–C) groups is 1. The monoisotopic (exact) mass is 763 g/mol. The standard InChI is InChI=1S/C18H9BrI3NO4/c1-8(24)26-16-13(21)4-9(5-14(16)22)6-15-18(25)27-17(23-15)10-2-3-12(20)11(19)7-10/h2-7H,1H3/b15-6-. The summed E-state index contributed by atoms with van der Waals surface area (Å²) in [6.07, 6.45) is 1.65. The number of nitrogens with zero attached hydrogens (tertiary/aromatic N) is 1. The predicted octanol–water partition coefficient (Wildman–Crippen LogP) is 5.53. The van der Waals surface area contributed by atoms with Crippen molar-refractivity contribution in [2.75, 3.05) is 0 Å². The summed E-state index contributed by atoms with van der Waals surface area (Å²) in [5, 5.41) is 0. The molecule has 0 unspecified atom stereocenters. The maximum absolute atomic E-state index is 12.2. The molecule has 0 spiro atoms. The van der Waals surface area contributed by atoms with Crippen LogP contribution in [0.3, 0.4) is 0 Å². The van der Waals surface area contributed by atoms with Crippen molar-refractivity contribution in [2.24, 2.45) is 4.99 Å².